The summed E-state index contributed by atoms with van der Waals surface area (Å²) in [5.74, 6) is 0. The van der Waals surface area contributed by atoms with Crippen molar-refractivity contribution in [3.8, 4) is 5.06 Å². The Morgan fingerprint density at radius 1 is 1.40 bits per heavy atom. The molecule has 1 nitrogen and oxygen atoms in total. The van der Waals surface area contributed by atoms with Gasteiger partial charge in [0.2, 0.25) is 0 Å². The molecule has 86 valence electrons. The van der Waals surface area contributed by atoms with E-state index in [9.17, 15) is 0 Å². The summed E-state index contributed by atoms with van der Waals surface area (Å²) in [4.78, 5) is 1.40. The first-order valence-corrected chi connectivity index (χ1v) is 6.48. The molecular formula is C13H22OS. The number of methoxy groups -OCH3 is 1. The van der Waals surface area contributed by atoms with Gasteiger partial charge in [0.25, 0.3) is 0 Å². The molecule has 0 amide bonds. The molecular weight excluding hydrogens is 204 g/mol. The minimum atomic E-state index is 0.285. The van der Waals surface area contributed by atoms with Crippen LogP contribution in [0.15, 0.2) is 6.07 Å². The predicted octanol–water partition coefficient (Wildman–Crippen LogP) is 4.53. The zero-order valence-electron chi connectivity index (χ0n) is 10.5. The summed E-state index contributed by atoms with van der Waals surface area (Å²) in [5, 5.41) is 1.03. The molecule has 0 unspecified atom stereocenters. The van der Waals surface area contributed by atoms with Crippen LogP contribution in [-0.4, -0.2) is 7.11 Å². The molecule has 0 spiro atoms. The van der Waals surface area contributed by atoms with Crippen molar-refractivity contribution in [1.29, 1.82) is 0 Å². The quantitative estimate of drug-likeness (QED) is 0.716. The van der Waals surface area contributed by atoms with E-state index in [0.717, 1.165) is 5.06 Å². The predicted molar refractivity (Wildman–Crippen MR) is 68.2 cm³/mol. The minimum absolute atomic E-state index is 0.285. The SMILES string of the molecule is CCCCC(C)(C)c1cc(OC)sc1C. The van der Waals surface area contributed by atoms with Crippen LogP contribution < -0.4 is 4.74 Å². The van der Waals surface area contributed by atoms with Crippen molar-refractivity contribution >= 4 is 11.3 Å². The number of unbranched alkanes of at least 4 members (excludes halogenated alkanes) is 1. The van der Waals surface area contributed by atoms with Crippen molar-refractivity contribution < 1.29 is 4.74 Å². The normalized spacial score (nSPS) is 11.8. The van der Waals surface area contributed by atoms with Gasteiger partial charge in [-0.25, -0.2) is 0 Å². The molecule has 1 aromatic heterocycles. The van der Waals surface area contributed by atoms with Crippen molar-refractivity contribution in [2.24, 2.45) is 0 Å². The Balaban J connectivity index is 2.87. The monoisotopic (exact) mass is 226 g/mol. The van der Waals surface area contributed by atoms with Crippen LogP contribution in [0.1, 0.15) is 50.5 Å². The highest BCUT2D eigenvalue weighted by Gasteiger charge is 2.24. The number of thiophene rings is 1. The van der Waals surface area contributed by atoms with Gasteiger partial charge in [0.1, 0.15) is 0 Å². The number of rotatable bonds is 5. The molecule has 0 aliphatic rings. The summed E-state index contributed by atoms with van der Waals surface area (Å²) in [5.41, 5.74) is 1.74. The van der Waals surface area contributed by atoms with Gasteiger partial charge in [0.15, 0.2) is 5.06 Å². The molecule has 15 heavy (non-hydrogen) atoms. The van der Waals surface area contributed by atoms with Crippen LogP contribution in [0.4, 0.5) is 0 Å². The fraction of sp³-hybridized carbons (Fsp3) is 0.692. The maximum absolute atomic E-state index is 5.29. The second-order valence-electron chi connectivity index (χ2n) is 4.73. The first kappa shape index (κ1) is 12.6. The fourth-order valence-corrected chi connectivity index (χ4v) is 2.99. The highest BCUT2D eigenvalue weighted by molar-refractivity contribution is 7.13. The summed E-state index contributed by atoms with van der Waals surface area (Å²) < 4.78 is 5.29. The van der Waals surface area contributed by atoms with Gasteiger partial charge < -0.3 is 4.74 Å². The largest absolute Gasteiger partial charge is 0.487 e. The van der Waals surface area contributed by atoms with E-state index < -0.39 is 0 Å². The third-order valence-electron chi connectivity index (χ3n) is 2.98. The molecule has 1 heterocycles. The van der Waals surface area contributed by atoms with Gasteiger partial charge >= 0.3 is 0 Å². The average molecular weight is 226 g/mol. The lowest BCUT2D eigenvalue weighted by molar-refractivity contribution is 0.422. The van der Waals surface area contributed by atoms with E-state index in [0.29, 0.717) is 0 Å². The van der Waals surface area contributed by atoms with Gasteiger partial charge in [0.05, 0.1) is 7.11 Å². The van der Waals surface area contributed by atoms with Crippen molar-refractivity contribution in [3.05, 3.63) is 16.5 Å². The highest BCUT2D eigenvalue weighted by Crippen LogP contribution is 2.38. The van der Waals surface area contributed by atoms with Gasteiger partial charge in [-0.3, -0.25) is 0 Å². The molecule has 0 saturated carbocycles. The summed E-state index contributed by atoms with van der Waals surface area (Å²) in [6, 6.07) is 2.20. The second-order valence-corrected chi connectivity index (χ2v) is 5.95. The Kier molecular flexibility index (Phi) is 4.21. The van der Waals surface area contributed by atoms with Crippen LogP contribution in [0, 0.1) is 6.92 Å². The number of aryl methyl sites for hydroxylation is 1. The van der Waals surface area contributed by atoms with Crippen LogP contribution in [0.25, 0.3) is 0 Å². The standard InChI is InChI=1S/C13H22OS/c1-6-7-8-13(3,4)11-9-12(14-5)15-10(11)2/h9H,6-8H2,1-5H3. The van der Waals surface area contributed by atoms with E-state index in [1.807, 2.05) is 0 Å². The molecule has 1 aromatic rings. The van der Waals surface area contributed by atoms with E-state index in [1.165, 1.54) is 29.7 Å². The van der Waals surface area contributed by atoms with Crippen LogP contribution in [0.2, 0.25) is 0 Å². The molecule has 0 radical (unpaired) electrons. The lowest BCUT2D eigenvalue weighted by atomic mass is 9.80. The number of hydrogen-bond acceptors (Lipinski definition) is 2. The van der Waals surface area contributed by atoms with E-state index in [2.05, 4.69) is 33.8 Å². The second kappa shape index (κ2) is 5.02. The minimum Gasteiger partial charge on any atom is -0.487 e. The first-order chi connectivity index (χ1) is 7.01. The molecule has 1 rings (SSSR count). The Morgan fingerprint density at radius 3 is 2.53 bits per heavy atom. The Hall–Kier alpha value is -0.500. The van der Waals surface area contributed by atoms with Gasteiger partial charge in [0, 0.05) is 4.88 Å². The van der Waals surface area contributed by atoms with E-state index >= 15 is 0 Å². The van der Waals surface area contributed by atoms with Crippen LogP contribution in [0.5, 0.6) is 5.06 Å². The van der Waals surface area contributed by atoms with Crippen LogP contribution >= 0.6 is 11.3 Å². The molecule has 0 aliphatic heterocycles. The van der Waals surface area contributed by atoms with Crippen molar-refractivity contribution in [2.45, 2.75) is 52.4 Å². The third kappa shape index (κ3) is 2.97. The third-order valence-corrected chi connectivity index (χ3v) is 3.99. The topological polar surface area (TPSA) is 9.23 Å². The van der Waals surface area contributed by atoms with E-state index in [1.54, 1.807) is 18.4 Å². The molecule has 0 fully saturated rings. The number of hydrogen-bond donors (Lipinski definition) is 0. The maximum Gasteiger partial charge on any atom is 0.173 e. The fourth-order valence-electron chi connectivity index (χ4n) is 1.98. The van der Waals surface area contributed by atoms with Gasteiger partial charge in [-0.15, -0.1) is 11.3 Å². The summed E-state index contributed by atoms with van der Waals surface area (Å²) in [6.45, 7) is 9.10. The molecule has 0 aromatic carbocycles. The summed E-state index contributed by atoms with van der Waals surface area (Å²) in [7, 11) is 1.74. The van der Waals surface area contributed by atoms with Crippen molar-refractivity contribution in [2.75, 3.05) is 7.11 Å². The molecule has 0 N–H and O–H groups in total. The maximum atomic E-state index is 5.29. The summed E-state index contributed by atoms with van der Waals surface area (Å²) >= 11 is 1.75. The molecule has 0 bridgehead atoms. The zero-order valence-corrected chi connectivity index (χ0v) is 11.3. The Morgan fingerprint density at radius 2 is 2.07 bits per heavy atom. The van der Waals surface area contributed by atoms with Crippen LogP contribution in [-0.2, 0) is 5.41 Å². The Bertz CT molecular complexity index is 312. The van der Waals surface area contributed by atoms with Gasteiger partial charge in [-0.1, -0.05) is 33.6 Å². The lowest BCUT2D eigenvalue weighted by Gasteiger charge is -2.24. The zero-order chi connectivity index (χ0) is 11.5. The Labute approximate surface area is 97.5 Å². The summed E-state index contributed by atoms with van der Waals surface area (Å²) in [6.07, 6.45) is 3.82. The van der Waals surface area contributed by atoms with E-state index in [-0.39, 0.29) is 5.41 Å². The number of ether oxygens (including phenoxy) is 1. The molecule has 0 atom stereocenters. The lowest BCUT2D eigenvalue weighted by Crippen LogP contribution is -2.16. The van der Waals surface area contributed by atoms with E-state index in [4.69, 9.17) is 4.74 Å². The highest BCUT2D eigenvalue weighted by atomic mass is 32.1. The smallest absolute Gasteiger partial charge is 0.173 e. The molecule has 0 aliphatic carbocycles. The molecule has 0 saturated heterocycles. The van der Waals surface area contributed by atoms with Crippen LogP contribution in [0.3, 0.4) is 0 Å². The first-order valence-electron chi connectivity index (χ1n) is 5.66. The van der Waals surface area contributed by atoms with Gasteiger partial charge in [-0.05, 0) is 30.4 Å². The van der Waals surface area contributed by atoms with Crippen molar-refractivity contribution in [3.63, 3.8) is 0 Å². The van der Waals surface area contributed by atoms with Crippen molar-refractivity contribution in [1.82, 2.24) is 0 Å². The molecule has 2 heteroatoms. The average Bonchev–Trinajstić information content (AvgIpc) is 2.57. The van der Waals surface area contributed by atoms with Gasteiger partial charge in [-0.2, -0.15) is 0 Å².